The molecule has 4 heteroatoms. The molecule has 0 aromatic heterocycles. The fourth-order valence-corrected chi connectivity index (χ4v) is 2.90. The predicted molar refractivity (Wildman–Crippen MR) is 82.7 cm³/mol. The van der Waals surface area contributed by atoms with Crippen molar-refractivity contribution in [1.82, 2.24) is 5.32 Å². The molecular formula is C16H23ClN2O. The van der Waals surface area contributed by atoms with E-state index in [9.17, 15) is 4.79 Å². The number of hydrogen-bond donors (Lipinski definition) is 2. The number of benzene rings is 1. The van der Waals surface area contributed by atoms with Gasteiger partial charge in [-0.25, -0.2) is 0 Å². The summed E-state index contributed by atoms with van der Waals surface area (Å²) in [5.41, 5.74) is 7.28. The Labute approximate surface area is 125 Å². The smallest absolute Gasteiger partial charge is 0.224 e. The third-order valence-electron chi connectivity index (χ3n) is 4.03. The zero-order valence-corrected chi connectivity index (χ0v) is 12.5. The van der Waals surface area contributed by atoms with E-state index >= 15 is 0 Å². The minimum atomic E-state index is -0.0114. The number of rotatable bonds is 4. The van der Waals surface area contributed by atoms with Gasteiger partial charge in [-0.05, 0) is 37.0 Å². The van der Waals surface area contributed by atoms with Gasteiger partial charge in [0.05, 0.1) is 5.92 Å². The molecule has 1 aromatic carbocycles. The molecule has 1 aliphatic carbocycles. The number of carbonyl (C=O) groups excluding carboxylic acids is 1. The summed E-state index contributed by atoms with van der Waals surface area (Å²) in [5, 5.41) is 3.76. The van der Waals surface area contributed by atoms with Crippen molar-refractivity contribution < 1.29 is 4.79 Å². The lowest BCUT2D eigenvalue weighted by Crippen LogP contribution is -2.41. The maximum absolute atomic E-state index is 12.2. The van der Waals surface area contributed by atoms with E-state index in [0.29, 0.717) is 6.54 Å². The quantitative estimate of drug-likeness (QED) is 0.839. The van der Waals surface area contributed by atoms with Crippen molar-refractivity contribution in [2.45, 2.75) is 44.6 Å². The summed E-state index contributed by atoms with van der Waals surface area (Å²) < 4.78 is 0. The van der Waals surface area contributed by atoms with Gasteiger partial charge in [0.1, 0.15) is 0 Å². The average Bonchev–Trinajstić information content (AvgIpc) is 2.65. The molecule has 20 heavy (non-hydrogen) atoms. The van der Waals surface area contributed by atoms with Gasteiger partial charge in [0.15, 0.2) is 0 Å². The highest BCUT2D eigenvalue weighted by Crippen LogP contribution is 2.22. The molecule has 3 N–H and O–H groups in total. The largest absolute Gasteiger partial charge is 0.355 e. The molecule has 1 saturated carbocycles. The van der Waals surface area contributed by atoms with Gasteiger partial charge in [0, 0.05) is 17.6 Å². The molecule has 0 heterocycles. The molecule has 1 aliphatic rings. The van der Waals surface area contributed by atoms with E-state index < -0.39 is 0 Å². The summed E-state index contributed by atoms with van der Waals surface area (Å²) in [4.78, 5) is 12.2. The van der Waals surface area contributed by atoms with Crippen molar-refractivity contribution in [3.63, 3.8) is 0 Å². The Bertz CT molecular complexity index is 433. The first-order chi connectivity index (χ1) is 9.66. The van der Waals surface area contributed by atoms with Gasteiger partial charge in [0.2, 0.25) is 5.91 Å². The Hall–Kier alpha value is -1.06. The lowest BCUT2D eigenvalue weighted by molar-refractivity contribution is -0.125. The van der Waals surface area contributed by atoms with Crippen LogP contribution in [0.5, 0.6) is 0 Å². The maximum atomic E-state index is 12.2. The summed E-state index contributed by atoms with van der Waals surface area (Å²) in [6.45, 7) is 0.656. The van der Waals surface area contributed by atoms with E-state index in [2.05, 4.69) is 5.32 Å². The van der Waals surface area contributed by atoms with Crippen molar-refractivity contribution >= 4 is 17.5 Å². The monoisotopic (exact) mass is 294 g/mol. The summed E-state index contributed by atoms with van der Waals surface area (Å²) >= 11 is 5.85. The molecule has 2 rings (SSSR count). The number of halogens is 1. The fraction of sp³-hybridized carbons (Fsp3) is 0.562. The van der Waals surface area contributed by atoms with Gasteiger partial charge in [-0.3, -0.25) is 4.79 Å². The Morgan fingerprint density at radius 1 is 1.20 bits per heavy atom. The molecule has 0 aliphatic heterocycles. The number of carbonyl (C=O) groups is 1. The first kappa shape index (κ1) is 15.3. The second-order valence-corrected chi connectivity index (χ2v) is 6.01. The van der Waals surface area contributed by atoms with Crippen molar-refractivity contribution in [2.24, 2.45) is 11.7 Å². The Balaban J connectivity index is 1.78. The molecule has 0 radical (unpaired) electrons. The van der Waals surface area contributed by atoms with Crippen LogP contribution in [-0.4, -0.2) is 18.5 Å². The first-order valence-electron chi connectivity index (χ1n) is 7.44. The van der Waals surface area contributed by atoms with Crippen LogP contribution < -0.4 is 11.1 Å². The number of nitrogens with one attached hydrogen (secondary N) is 1. The van der Waals surface area contributed by atoms with Crippen molar-refractivity contribution in [1.29, 1.82) is 0 Å². The third-order valence-corrected chi connectivity index (χ3v) is 4.28. The summed E-state index contributed by atoms with van der Waals surface area (Å²) in [5.74, 6) is 0.107. The lowest BCUT2D eigenvalue weighted by Gasteiger charge is -2.20. The second-order valence-electron chi connectivity index (χ2n) is 5.58. The first-order valence-corrected chi connectivity index (χ1v) is 7.82. The fourth-order valence-electron chi connectivity index (χ4n) is 2.77. The van der Waals surface area contributed by atoms with Crippen LogP contribution >= 0.6 is 11.6 Å². The minimum Gasteiger partial charge on any atom is -0.355 e. The van der Waals surface area contributed by atoms with E-state index in [-0.39, 0.29) is 17.9 Å². The van der Waals surface area contributed by atoms with Crippen molar-refractivity contribution in [3.05, 3.63) is 34.9 Å². The van der Waals surface area contributed by atoms with Crippen LogP contribution in [0.25, 0.3) is 0 Å². The zero-order chi connectivity index (χ0) is 14.4. The second kappa shape index (κ2) is 7.65. The van der Waals surface area contributed by atoms with Gasteiger partial charge in [-0.15, -0.1) is 0 Å². The molecule has 2 atom stereocenters. The molecule has 110 valence electrons. The van der Waals surface area contributed by atoms with E-state index in [4.69, 9.17) is 17.3 Å². The zero-order valence-electron chi connectivity index (χ0n) is 11.8. The highest BCUT2D eigenvalue weighted by Gasteiger charge is 2.26. The van der Waals surface area contributed by atoms with Crippen LogP contribution in [0.1, 0.15) is 37.7 Å². The van der Waals surface area contributed by atoms with Gasteiger partial charge < -0.3 is 11.1 Å². The predicted octanol–water partition coefficient (Wildman–Crippen LogP) is 2.91. The molecule has 1 fully saturated rings. The topological polar surface area (TPSA) is 55.1 Å². The van der Waals surface area contributed by atoms with Crippen LogP contribution in [0.4, 0.5) is 0 Å². The minimum absolute atomic E-state index is 0.0114. The molecule has 0 spiro atoms. The summed E-state index contributed by atoms with van der Waals surface area (Å²) in [6.07, 6.45) is 6.18. The van der Waals surface area contributed by atoms with E-state index in [0.717, 1.165) is 37.1 Å². The van der Waals surface area contributed by atoms with Gasteiger partial charge in [-0.1, -0.05) is 43.0 Å². The molecule has 1 amide bonds. The third kappa shape index (κ3) is 4.50. The highest BCUT2D eigenvalue weighted by molar-refractivity contribution is 6.30. The van der Waals surface area contributed by atoms with E-state index in [1.807, 2.05) is 24.3 Å². The molecule has 2 unspecified atom stereocenters. The van der Waals surface area contributed by atoms with Crippen LogP contribution in [-0.2, 0) is 11.2 Å². The highest BCUT2D eigenvalue weighted by atomic mass is 35.5. The molecule has 0 bridgehead atoms. The maximum Gasteiger partial charge on any atom is 0.224 e. The van der Waals surface area contributed by atoms with Crippen LogP contribution in [0.2, 0.25) is 5.02 Å². The van der Waals surface area contributed by atoms with E-state index in [1.165, 1.54) is 12.0 Å². The van der Waals surface area contributed by atoms with Crippen LogP contribution in [0.15, 0.2) is 24.3 Å². The van der Waals surface area contributed by atoms with Crippen molar-refractivity contribution in [3.8, 4) is 0 Å². The van der Waals surface area contributed by atoms with Gasteiger partial charge >= 0.3 is 0 Å². The van der Waals surface area contributed by atoms with Crippen LogP contribution in [0.3, 0.4) is 0 Å². The Morgan fingerprint density at radius 3 is 2.65 bits per heavy atom. The SMILES string of the molecule is NC1CCCCCC1C(=O)NCCc1ccc(Cl)cc1. The number of hydrogen-bond acceptors (Lipinski definition) is 2. The molecule has 3 nitrogen and oxygen atoms in total. The standard InChI is InChI=1S/C16H23ClN2O/c17-13-8-6-12(7-9-13)10-11-19-16(20)14-4-2-1-3-5-15(14)18/h6-9,14-15H,1-5,10-11,18H2,(H,19,20). The number of nitrogens with two attached hydrogens (primary N) is 1. The van der Waals surface area contributed by atoms with Gasteiger partial charge in [0.25, 0.3) is 0 Å². The van der Waals surface area contributed by atoms with Crippen molar-refractivity contribution in [2.75, 3.05) is 6.54 Å². The summed E-state index contributed by atoms with van der Waals surface area (Å²) in [7, 11) is 0. The van der Waals surface area contributed by atoms with Crippen LogP contribution in [0, 0.1) is 5.92 Å². The molecular weight excluding hydrogens is 272 g/mol. The normalized spacial score (nSPS) is 23.1. The van der Waals surface area contributed by atoms with Gasteiger partial charge in [-0.2, -0.15) is 0 Å². The Morgan fingerprint density at radius 2 is 1.90 bits per heavy atom. The Kier molecular flexibility index (Phi) is 5.86. The molecule has 1 aromatic rings. The lowest BCUT2D eigenvalue weighted by atomic mass is 9.94. The number of amides is 1. The van der Waals surface area contributed by atoms with E-state index in [1.54, 1.807) is 0 Å². The average molecular weight is 295 g/mol. The molecule has 0 saturated heterocycles. The summed E-state index contributed by atoms with van der Waals surface area (Å²) in [6, 6.07) is 7.76.